The van der Waals surface area contributed by atoms with Crippen LogP contribution < -0.4 is 5.32 Å². The van der Waals surface area contributed by atoms with Crippen molar-refractivity contribution in [1.29, 1.82) is 0 Å². The molecule has 0 saturated carbocycles. The van der Waals surface area contributed by atoms with Crippen molar-refractivity contribution in [3.05, 3.63) is 60.4 Å². The second-order valence-electron chi connectivity index (χ2n) is 7.78. The van der Waals surface area contributed by atoms with E-state index in [1.807, 2.05) is 30.2 Å². The van der Waals surface area contributed by atoms with E-state index in [9.17, 15) is 4.79 Å². The van der Waals surface area contributed by atoms with Crippen LogP contribution in [-0.4, -0.2) is 50.4 Å². The predicted molar refractivity (Wildman–Crippen MR) is 117 cm³/mol. The first-order valence-corrected chi connectivity index (χ1v) is 10.6. The Morgan fingerprint density at radius 2 is 1.97 bits per heavy atom. The molecule has 0 unspecified atom stereocenters. The summed E-state index contributed by atoms with van der Waals surface area (Å²) in [6.07, 6.45) is 6.76. The van der Waals surface area contributed by atoms with Gasteiger partial charge in [0, 0.05) is 31.4 Å². The zero-order chi connectivity index (χ0) is 20.8. The number of hydrogen-bond donors (Lipinski definition) is 1. The predicted octanol–water partition coefficient (Wildman–Crippen LogP) is 3.25. The van der Waals surface area contributed by atoms with Crippen molar-refractivity contribution in [3.63, 3.8) is 0 Å². The monoisotopic (exact) mass is 404 g/mol. The summed E-state index contributed by atoms with van der Waals surface area (Å²) in [7, 11) is 0. The Labute approximate surface area is 177 Å². The molecule has 1 aliphatic heterocycles. The maximum atomic E-state index is 12.7. The molecule has 1 aliphatic rings. The summed E-state index contributed by atoms with van der Waals surface area (Å²) in [4.78, 5) is 19.0. The molecule has 2 aromatic heterocycles. The number of aromatic nitrogens is 4. The van der Waals surface area contributed by atoms with Gasteiger partial charge in [0.1, 0.15) is 18.1 Å². The third-order valence-electron chi connectivity index (χ3n) is 5.58. The molecular formula is C23H28N6O. The standard InChI is InChI=1S/C23H28N6O/c1-2-24-22-15-20(8-11-25-22)21-16-29(27-26-21)17-23(30)28-12-9-19(10-13-28)14-18-6-4-3-5-7-18/h3-8,11,15-16,19H,2,9-10,12-14,17H2,1H3,(H,24,25). The molecule has 1 fully saturated rings. The molecule has 0 atom stereocenters. The summed E-state index contributed by atoms with van der Waals surface area (Å²) in [5.41, 5.74) is 3.05. The maximum absolute atomic E-state index is 12.7. The average molecular weight is 405 g/mol. The van der Waals surface area contributed by atoms with Gasteiger partial charge in [0.05, 0.1) is 6.20 Å². The average Bonchev–Trinajstić information content (AvgIpc) is 3.24. The second kappa shape index (κ2) is 9.52. The van der Waals surface area contributed by atoms with Crippen LogP contribution >= 0.6 is 0 Å². The Morgan fingerprint density at radius 1 is 1.17 bits per heavy atom. The number of anilines is 1. The second-order valence-corrected chi connectivity index (χ2v) is 7.78. The molecule has 7 heteroatoms. The van der Waals surface area contributed by atoms with Gasteiger partial charge in [0.2, 0.25) is 5.91 Å². The number of likely N-dealkylation sites (tertiary alicyclic amines) is 1. The van der Waals surface area contributed by atoms with E-state index in [0.717, 1.165) is 56.0 Å². The lowest BCUT2D eigenvalue weighted by molar-refractivity contribution is -0.133. The number of nitrogens with zero attached hydrogens (tertiary/aromatic N) is 5. The Kier molecular flexibility index (Phi) is 6.37. The van der Waals surface area contributed by atoms with E-state index in [1.165, 1.54) is 5.56 Å². The number of nitrogens with one attached hydrogen (secondary N) is 1. The van der Waals surface area contributed by atoms with Gasteiger partial charge < -0.3 is 10.2 Å². The van der Waals surface area contributed by atoms with Crippen LogP contribution in [-0.2, 0) is 17.8 Å². The number of benzene rings is 1. The molecule has 3 heterocycles. The molecule has 0 aliphatic carbocycles. The van der Waals surface area contributed by atoms with Crippen LogP contribution in [0.4, 0.5) is 5.82 Å². The van der Waals surface area contributed by atoms with E-state index < -0.39 is 0 Å². The Hall–Kier alpha value is -3.22. The molecule has 1 saturated heterocycles. The Bertz CT molecular complexity index is 963. The Balaban J connectivity index is 1.30. The van der Waals surface area contributed by atoms with Gasteiger partial charge in [0.15, 0.2) is 0 Å². The number of piperidine rings is 1. The van der Waals surface area contributed by atoms with Crippen LogP contribution in [0.25, 0.3) is 11.3 Å². The summed E-state index contributed by atoms with van der Waals surface area (Å²) < 4.78 is 1.63. The number of hydrogen-bond acceptors (Lipinski definition) is 5. The van der Waals surface area contributed by atoms with Crippen LogP contribution in [0.2, 0.25) is 0 Å². The van der Waals surface area contributed by atoms with E-state index in [2.05, 4.69) is 50.9 Å². The normalized spacial score (nSPS) is 14.6. The van der Waals surface area contributed by atoms with Crippen molar-refractivity contribution < 1.29 is 4.79 Å². The van der Waals surface area contributed by atoms with Gasteiger partial charge >= 0.3 is 0 Å². The minimum absolute atomic E-state index is 0.104. The van der Waals surface area contributed by atoms with Crippen molar-refractivity contribution in [2.75, 3.05) is 25.0 Å². The fourth-order valence-electron chi connectivity index (χ4n) is 3.95. The number of pyridine rings is 1. The summed E-state index contributed by atoms with van der Waals surface area (Å²) in [6, 6.07) is 14.4. The first kappa shape index (κ1) is 20.1. The Morgan fingerprint density at radius 3 is 2.73 bits per heavy atom. The zero-order valence-corrected chi connectivity index (χ0v) is 17.4. The van der Waals surface area contributed by atoms with Crippen molar-refractivity contribution in [2.24, 2.45) is 5.92 Å². The van der Waals surface area contributed by atoms with Gasteiger partial charge in [-0.25, -0.2) is 9.67 Å². The molecule has 30 heavy (non-hydrogen) atoms. The summed E-state index contributed by atoms with van der Waals surface area (Å²) in [6.45, 7) is 4.69. The molecule has 1 amide bonds. The fourth-order valence-corrected chi connectivity index (χ4v) is 3.95. The molecule has 7 nitrogen and oxygen atoms in total. The molecule has 0 spiro atoms. The number of rotatable bonds is 7. The summed E-state index contributed by atoms with van der Waals surface area (Å²) >= 11 is 0. The fraction of sp³-hybridized carbons (Fsp3) is 0.391. The SMILES string of the molecule is CCNc1cc(-c2cn(CC(=O)N3CCC(Cc4ccccc4)CC3)nn2)ccn1. The maximum Gasteiger partial charge on any atom is 0.244 e. The first-order valence-electron chi connectivity index (χ1n) is 10.6. The van der Waals surface area contributed by atoms with Gasteiger partial charge in [-0.15, -0.1) is 5.10 Å². The first-order chi connectivity index (χ1) is 14.7. The number of carbonyl (C=O) groups excluding carboxylic acids is 1. The number of carbonyl (C=O) groups is 1. The molecular weight excluding hydrogens is 376 g/mol. The van der Waals surface area contributed by atoms with Crippen molar-refractivity contribution in [3.8, 4) is 11.3 Å². The minimum Gasteiger partial charge on any atom is -0.370 e. The lowest BCUT2D eigenvalue weighted by atomic mass is 9.90. The molecule has 1 N–H and O–H groups in total. The molecule has 156 valence electrons. The van der Waals surface area contributed by atoms with Crippen molar-refractivity contribution in [2.45, 2.75) is 32.7 Å². The number of amides is 1. The third kappa shape index (κ3) is 5.03. The van der Waals surface area contributed by atoms with Gasteiger partial charge in [-0.2, -0.15) is 0 Å². The van der Waals surface area contributed by atoms with Gasteiger partial charge in [-0.3, -0.25) is 4.79 Å². The summed E-state index contributed by atoms with van der Waals surface area (Å²) in [5, 5.41) is 11.6. The highest BCUT2D eigenvalue weighted by atomic mass is 16.2. The van der Waals surface area contributed by atoms with E-state index in [4.69, 9.17) is 0 Å². The third-order valence-corrected chi connectivity index (χ3v) is 5.58. The summed E-state index contributed by atoms with van der Waals surface area (Å²) in [5.74, 6) is 1.55. The van der Waals surface area contributed by atoms with Crippen LogP contribution in [0.1, 0.15) is 25.3 Å². The zero-order valence-electron chi connectivity index (χ0n) is 17.4. The largest absolute Gasteiger partial charge is 0.370 e. The highest BCUT2D eigenvalue weighted by Gasteiger charge is 2.23. The van der Waals surface area contributed by atoms with Gasteiger partial charge in [-0.05, 0) is 49.8 Å². The van der Waals surface area contributed by atoms with Gasteiger partial charge in [0.25, 0.3) is 0 Å². The molecule has 0 bridgehead atoms. The minimum atomic E-state index is 0.104. The smallest absolute Gasteiger partial charge is 0.244 e. The molecule has 1 aromatic carbocycles. The van der Waals surface area contributed by atoms with Crippen LogP contribution in [0.15, 0.2) is 54.9 Å². The van der Waals surface area contributed by atoms with Crippen molar-refractivity contribution >= 4 is 11.7 Å². The highest BCUT2D eigenvalue weighted by molar-refractivity contribution is 5.76. The molecule has 3 aromatic rings. The van der Waals surface area contributed by atoms with E-state index in [1.54, 1.807) is 10.9 Å². The highest BCUT2D eigenvalue weighted by Crippen LogP contribution is 2.22. The van der Waals surface area contributed by atoms with Crippen LogP contribution in [0.3, 0.4) is 0 Å². The van der Waals surface area contributed by atoms with E-state index >= 15 is 0 Å². The van der Waals surface area contributed by atoms with Crippen LogP contribution in [0.5, 0.6) is 0 Å². The molecule has 0 radical (unpaired) electrons. The van der Waals surface area contributed by atoms with Crippen molar-refractivity contribution in [1.82, 2.24) is 24.9 Å². The lowest BCUT2D eigenvalue weighted by Crippen LogP contribution is -2.40. The lowest BCUT2D eigenvalue weighted by Gasteiger charge is -2.32. The van der Waals surface area contributed by atoms with Crippen LogP contribution in [0, 0.1) is 5.92 Å². The van der Waals surface area contributed by atoms with E-state index in [-0.39, 0.29) is 12.5 Å². The topological polar surface area (TPSA) is 75.9 Å². The van der Waals surface area contributed by atoms with E-state index in [0.29, 0.717) is 5.92 Å². The molecule has 4 rings (SSSR count). The quantitative estimate of drug-likeness (QED) is 0.654. The van der Waals surface area contributed by atoms with Gasteiger partial charge in [-0.1, -0.05) is 35.5 Å².